The summed E-state index contributed by atoms with van der Waals surface area (Å²) in [4.78, 5) is 24.5. The van der Waals surface area contributed by atoms with E-state index in [9.17, 15) is 9.59 Å². The zero-order valence-corrected chi connectivity index (χ0v) is 15.1. The molecule has 24 heavy (non-hydrogen) atoms. The van der Waals surface area contributed by atoms with Crippen molar-refractivity contribution in [3.05, 3.63) is 40.1 Å². The van der Waals surface area contributed by atoms with E-state index in [4.69, 9.17) is 14.2 Å². The fraction of sp³-hybridized carbons (Fsp3) is 0.312. The molecule has 0 aliphatic rings. The van der Waals surface area contributed by atoms with E-state index in [1.165, 1.54) is 25.1 Å². The smallest absolute Gasteiger partial charge is 0.357 e. The van der Waals surface area contributed by atoms with Crippen LogP contribution in [0.4, 0.5) is 0 Å². The van der Waals surface area contributed by atoms with Crippen LogP contribution in [0.2, 0.25) is 0 Å². The van der Waals surface area contributed by atoms with Crippen LogP contribution in [0.1, 0.15) is 27.8 Å². The quantitative estimate of drug-likeness (QED) is 0.528. The molecule has 128 valence electrons. The van der Waals surface area contributed by atoms with Gasteiger partial charge in [0.2, 0.25) is 0 Å². The average Bonchev–Trinajstić information content (AvgIpc) is 2.94. The largest absolute Gasteiger partial charge is 0.493 e. The first-order valence-electron chi connectivity index (χ1n) is 7.15. The molecule has 0 saturated carbocycles. The van der Waals surface area contributed by atoms with Gasteiger partial charge in [-0.15, -0.1) is 0 Å². The van der Waals surface area contributed by atoms with Crippen LogP contribution in [0.25, 0.3) is 0 Å². The lowest BCUT2D eigenvalue weighted by Crippen LogP contribution is -2.18. The second-order valence-electron chi connectivity index (χ2n) is 4.71. The molecule has 0 aliphatic heterocycles. The first kappa shape index (κ1) is 18.0. The van der Waals surface area contributed by atoms with Crippen LogP contribution >= 0.6 is 15.9 Å². The molecule has 0 radical (unpaired) electrons. The number of ether oxygens (including phenoxy) is 3. The molecule has 8 heteroatoms. The van der Waals surface area contributed by atoms with Crippen molar-refractivity contribution in [1.82, 2.24) is 9.78 Å². The number of aromatic nitrogens is 2. The van der Waals surface area contributed by atoms with Crippen molar-refractivity contribution in [2.24, 2.45) is 0 Å². The van der Waals surface area contributed by atoms with Gasteiger partial charge < -0.3 is 14.2 Å². The minimum absolute atomic E-state index is 0.102. The average molecular weight is 397 g/mol. The Morgan fingerprint density at radius 1 is 1.21 bits per heavy atom. The highest BCUT2D eigenvalue weighted by atomic mass is 79.9. The number of carbonyl (C=O) groups excluding carboxylic acids is 2. The predicted molar refractivity (Wildman–Crippen MR) is 89.8 cm³/mol. The van der Waals surface area contributed by atoms with E-state index in [1.807, 2.05) is 0 Å². The SMILES string of the molecule is CCOC(=O)c1c(Br)cnn1CC(=O)c1ccc(OC)c(OC)c1. The number of ketones is 1. The molecule has 0 fully saturated rings. The van der Waals surface area contributed by atoms with Crippen molar-refractivity contribution in [1.29, 1.82) is 0 Å². The van der Waals surface area contributed by atoms with Crippen LogP contribution in [0, 0.1) is 0 Å². The Morgan fingerprint density at radius 2 is 1.92 bits per heavy atom. The Balaban J connectivity index is 2.26. The van der Waals surface area contributed by atoms with E-state index < -0.39 is 5.97 Å². The van der Waals surface area contributed by atoms with Crippen molar-refractivity contribution in [3.8, 4) is 11.5 Å². The van der Waals surface area contributed by atoms with Gasteiger partial charge in [-0.3, -0.25) is 4.79 Å². The van der Waals surface area contributed by atoms with Crippen LogP contribution < -0.4 is 9.47 Å². The summed E-state index contributed by atoms with van der Waals surface area (Å²) < 4.78 is 17.1. The summed E-state index contributed by atoms with van der Waals surface area (Å²) in [6.07, 6.45) is 1.45. The molecule has 0 spiro atoms. The van der Waals surface area contributed by atoms with Crippen molar-refractivity contribution in [2.75, 3.05) is 20.8 Å². The highest BCUT2D eigenvalue weighted by molar-refractivity contribution is 9.10. The molecule has 0 saturated heterocycles. The molecule has 7 nitrogen and oxygen atoms in total. The van der Waals surface area contributed by atoms with Gasteiger partial charge in [0.05, 0.1) is 31.5 Å². The molecular formula is C16H17BrN2O5. The van der Waals surface area contributed by atoms with E-state index in [0.29, 0.717) is 21.5 Å². The number of Topliss-reactive ketones (excluding diaryl/α,β-unsaturated/α-hetero) is 1. The van der Waals surface area contributed by atoms with Gasteiger partial charge in [-0.05, 0) is 41.1 Å². The number of nitrogens with zero attached hydrogens (tertiary/aromatic N) is 2. The van der Waals surface area contributed by atoms with Crippen LogP contribution in [-0.2, 0) is 11.3 Å². The molecule has 0 bridgehead atoms. The van der Waals surface area contributed by atoms with Gasteiger partial charge in [-0.2, -0.15) is 5.10 Å². The van der Waals surface area contributed by atoms with Crippen molar-refractivity contribution >= 4 is 27.7 Å². The van der Waals surface area contributed by atoms with E-state index in [0.717, 1.165) is 0 Å². The van der Waals surface area contributed by atoms with Crippen LogP contribution in [0.15, 0.2) is 28.9 Å². The third kappa shape index (κ3) is 3.76. The summed E-state index contributed by atoms with van der Waals surface area (Å²) in [6.45, 7) is 1.84. The van der Waals surface area contributed by atoms with E-state index in [2.05, 4.69) is 21.0 Å². The monoisotopic (exact) mass is 396 g/mol. The maximum absolute atomic E-state index is 12.5. The lowest BCUT2D eigenvalue weighted by atomic mass is 10.1. The summed E-state index contributed by atoms with van der Waals surface area (Å²) >= 11 is 3.24. The molecule has 1 heterocycles. The molecule has 0 unspecified atom stereocenters. The van der Waals surface area contributed by atoms with Gasteiger partial charge in [-0.1, -0.05) is 0 Å². The fourth-order valence-corrected chi connectivity index (χ4v) is 2.58. The first-order chi connectivity index (χ1) is 11.5. The first-order valence-corrected chi connectivity index (χ1v) is 7.94. The number of benzene rings is 1. The zero-order chi connectivity index (χ0) is 17.7. The Bertz CT molecular complexity index is 757. The molecule has 0 atom stereocenters. The molecule has 0 N–H and O–H groups in total. The Morgan fingerprint density at radius 3 is 2.54 bits per heavy atom. The second kappa shape index (κ2) is 7.96. The molecular weight excluding hydrogens is 380 g/mol. The summed E-state index contributed by atoms with van der Waals surface area (Å²) in [5.41, 5.74) is 0.625. The summed E-state index contributed by atoms with van der Waals surface area (Å²) in [5, 5.41) is 4.05. The lowest BCUT2D eigenvalue weighted by Gasteiger charge is -2.10. The van der Waals surface area contributed by atoms with Gasteiger partial charge in [0.1, 0.15) is 6.54 Å². The number of carbonyl (C=O) groups is 2. The van der Waals surface area contributed by atoms with E-state index >= 15 is 0 Å². The summed E-state index contributed by atoms with van der Waals surface area (Å²) in [7, 11) is 3.02. The molecule has 1 aromatic heterocycles. The topological polar surface area (TPSA) is 79.7 Å². The third-order valence-corrected chi connectivity index (χ3v) is 3.84. The number of hydrogen-bond acceptors (Lipinski definition) is 6. The number of rotatable bonds is 7. The lowest BCUT2D eigenvalue weighted by molar-refractivity contribution is 0.0511. The van der Waals surface area contributed by atoms with Crippen molar-refractivity contribution < 1.29 is 23.8 Å². The minimum atomic E-state index is -0.540. The molecule has 0 amide bonds. The van der Waals surface area contributed by atoms with Gasteiger partial charge in [0.15, 0.2) is 23.0 Å². The maximum atomic E-state index is 12.5. The number of hydrogen-bond donors (Lipinski definition) is 0. The van der Waals surface area contributed by atoms with Crippen LogP contribution in [-0.4, -0.2) is 42.4 Å². The number of methoxy groups -OCH3 is 2. The van der Waals surface area contributed by atoms with E-state index in [-0.39, 0.29) is 24.6 Å². The van der Waals surface area contributed by atoms with Crippen LogP contribution in [0.5, 0.6) is 11.5 Å². The second-order valence-corrected chi connectivity index (χ2v) is 5.57. The minimum Gasteiger partial charge on any atom is -0.493 e. The standard InChI is InChI=1S/C16H17BrN2O5/c1-4-24-16(21)15-11(17)8-18-19(15)9-12(20)10-5-6-13(22-2)14(7-10)23-3/h5-8H,4,9H2,1-3H3. The van der Waals surface area contributed by atoms with Crippen molar-refractivity contribution in [3.63, 3.8) is 0 Å². The highest BCUT2D eigenvalue weighted by Gasteiger charge is 2.21. The third-order valence-electron chi connectivity index (χ3n) is 3.26. The Kier molecular flexibility index (Phi) is 5.97. The molecule has 2 aromatic rings. The normalized spacial score (nSPS) is 10.3. The summed E-state index contributed by atoms with van der Waals surface area (Å²) in [5.74, 6) is 0.220. The van der Waals surface area contributed by atoms with Gasteiger partial charge in [0.25, 0.3) is 0 Å². The molecule has 0 aliphatic carbocycles. The van der Waals surface area contributed by atoms with Gasteiger partial charge in [0, 0.05) is 5.56 Å². The molecule has 2 rings (SSSR count). The van der Waals surface area contributed by atoms with Crippen LogP contribution in [0.3, 0.4) is 0 Å². The number of esters is 1. The zero-order valence-electron chi connectivity index (χ0n) is 13.5. The van der Waals surface area contributed by atoms with E-state index in [1.54, 1.807) is 25.1 Å². The number of halogens is 1. The molecule has 1 aromatic carbocycles. The predicted octanol–water partition coefficient (Wildman–Crippen LogP) is 2.72. The Hall–Kier alpha value is -2.35. The highest BCUT2D eigenvalue weighted by Crippen LogP contribution is 2.28. The Labute approximate surface area is 147 Å². The maximum Gasteiger partial charge on any atom is 0.357 e. The van der Waals surface area contributed by atoms with Gasteiger partial charge >= 0.3 is 5.97 Å². The fourth-order valence-electron chi connectivity index (χ4n) is 2.12. The van der Waals surface area contributed by atoms with Crippen molar-refractivity contribution in [2.45, 2.75) is 13.5 Å². The summed E-state index contributed by atoms with van der Waals surface area (Å²) in [6, 6.07) is 4.87. The van der Waals surface area contributed by atoms with Gasteiger partial charge in [-0.25, -0.2) is 9.48 Å².